The monoisotopic (exact) mass is 445 g/mol. The fraction of sp³-hybridized carbons (Fsp3) is 0.286. The molecule has 1 aliphatic heterocycles. The van der Waals surface area contributed by atoms with E-state index in [0.29, 0.717) is 0 Å². The molecule has 0 saturated carbocycles. The first kappa shape index (κ1) is 22.7. The van der Waals surface area contributed by atoms with E-state index in [9.17, 15) is 18.8 Å². The molecule has 6 N–H and O–H groups in total. The number of carbonyl (C=O) groups excluding carboxylic acids is 3. The lowest BCUT2D eigenvalue weighted by Crippen LogP contribution is -2.70. The topological polar surface area (TPSA) is 125 Å². The van der Waals surface area contributed by atoms with Gasteiger partial charge in [0.2, 0.25) is 11.8 Å². The molecule has 2 aromatic rings. The van der Waals surface area contributed by atoms with Crippen LogP contribution >= 0.6 is 11.8 Å². The molecule has 2 aromatic carbocycles. The summed E-state index contributed by atoms with van der Waals surface area (Å²) in [4.78, 5) is 37.0. The van der Waals surface area contributed by atoms with Gasteiger partial charge in [-0.05, 0) is 55.3 Å². The van der Waals surface area contributed by atoms with E-state index in [4.69, 9.17) is 5.73 Å². The van der Waals surface area contributed by atoms with E-state index >= 15 is 0 Å². The van der Waals surface area contributed by atoms with Gasteiger partial charge in [0.05, 0.1) is 11.9 Å². The molecule has 3 unspecified atom stereocenters. The largest absolute Gasteiger partial charge is 0.338 e. The van der Waals surface area contributed by atoms with E-state index in [2.05, 4.69) is 21.3 Å². The molecule has 0 aliphatic carbocycles. The zero-order valence-electron chi connectivity index (χ0n) is 17.1. The Hall–Kier alpha value is -2.95. The number of carbonyl (C=O) groups is 3. The minimum Gasteiger partial charge on any atom is -0.338 e. The van der Waals surface area contributed by atoms with Crippen LogP contribution in [0.2, 0.25) is 0 Å². The van der Waals surface area contributed by atoms with E-state index < -0.39 is 35.3 Å². The normalized spacial score (nSPS) is 20.6. The lowest BCUT2D eigenvalue weighted by Gasteiger charge is -2.35. The zero-order valence-corrected chi connectivity index (χ0v) is 17.9. The summed E-state index contributed by atoms with van der Waals surface area (Å²) < 4.78 is 13.0. The summed E-state index contributed by atoms with van der Waals surface area (Å²) in [5.41, 5.74) is 8.44. The van der Waals surface area contributed by atoms with Gasteiger partial charge in [-0.2, -0.15) is 0 Å². The summed E-state index contributed by atoms with van der Waals surface area (Å²) in [7, 11) is 0. The maximum Gasteiger partial charge on any atom is 0.252 e. The number of hydrogen-bond donors (Lipinski definition) is 5. The fourth-order valence-electron chi connectivity index (χ4n) is 3.00. The fourth-order valence-corrected chi connectivity index (χ4v) is 3.84. The summed E-state index contributed by atoms with van der Waals surface area (Å²) >= 11 is 1.17. The van der Waals surface area contributed by atoms with Crippen LogP contribution in [0.3, 0.4) is 0 Å². The Bertz CT molecular complexity index is 985. The number of thioether (sulfide) groups is 1. The highest BCUT2D eigenvalue weighted by atomic mass is 32.2. The second-order valence-electron chi connectivity index (χ2n) is 7.15. The standard InChI is InChI=1S/C21H24FN5O3S/c1-11-4-3-5-15(12(11)2)24-16(28)10-31-21-26-18(23)17(20(30)27-21)25-19(29)13-6-8-14(22)9-7-13/h3-9,17-18,21,26H,10,23H2,1-2H3,(H,24,28)(H,25,29)(H,27,30). The molecule has 0 spiro atoms. The Kier molecular flexibility index (Phi) is 7.26. The van der Waals surface area contributed by atoms with Crippen molar-refractivity contribution in [1.29, 1.82) is 0 Å². The van der Waals surface area contributed by atoms with E-state index in [1.165, 1.54) is 23.9 Å². The van der Waals surface area contributed by atoms with Gasteiger partial charge >= 0.3 is 0 Å². The zero-order chi connectivity index (χ0) is 22.5. The average Bonchev–Trinajstić information content (AvgIpc) is 2.73. The molecule has 0 bridgehead atoms. The molecule has 3 amide bonds. The minimum absolute atomic E-state index is 0.0880. The molecule has 0 radical (unpaired) electrons. The molecule has 164 valence electrons. The van der Waals surface area contributed by atoms with Gasteiger partial charge < -0.3 is 21.7 Å². The molecule has 3 atom stereocenters. The molecule has 1 saturated heterocycles. The van der Waals surface area contributed by atoms with Gasteiger partial charge in [0.15, 0.2) is 0 Å². The van der Waals surface area contributed by atoms with Crippen LogP contribution in [0.1, 0.15) is 21.5 Å². The summed E-state index contributed by atoms with van der Waals surface area (Å²) in [6.07, 6.45) is -0.863. The molecular formula is C21H24FN5O3S. The molecule has 8 nitrogen and oxygen atoms in total. The van der Waals surface area contributed by atoms with Crippen LogP contribution in [0, 0.1) is 19.7 Å². The average molecular weight is 446 g/mol. The van der Waals surface area contributed by atoms with E-state index in [1.54, 1.807) is 0 Å². The van der Waals surface area contributed by atoms with Crippen molar-refractivity contribution in [2.45, 2.75) is 31.6 Å². The highest BCUT2D eigenvalue weighted by Gasteiger charge is 2.35. The van der Waals surface area contributed by atoms with Crippen molar-refractivity contribution in [2.24, 2.45) is 5.73 Å². The number of anilines is 1. The number of nitrogens with one attached hydrogen (secondary N) is 4. The molecule has 1 aliphatic rings. The second kappa shape index (κ2) is 9.90. The predicted molar refractivity (Wildman–Crippen MR) is 118 cm³/mol. The molecule has 3 rings (SSSR count). The number of halogens is 1. The summed E-state index contributed by atoms with van der Waals surface area (Å²) in [5, 5.41) is 11.0. The summed E-state index contributed by atoms with van der Waals surface area (Å²) in [6.45, 7) is 3.90. The van der Waals surface area contributed by atoms with Crippen LogP contribution < -0.4 is 27.0 Å². The maximum absolute atomic E-state index is 13.0. The molecule has 10 heteroatoms. The van der Waals surface area contributed by atoms with Crippen molar-refractivity contribution < 1.29 is 18.8 Å². The number of aryl methyl sites for hydroxylation is 1. The number of hydrogen-bond acceptors (Lipinski definition) is 6. The minimum atomic E-state index is -1.02. The van der Waals surface area contributed by atoms with E-state index in [-0.39, 0.29) is 17.2 Å². The molecule has 1 heterocycles. The van der Waals surface area contributed by atoms with Gasteiger partial charge in [0.1, 0.15) is 17.4 Å². The molecule has 0 aromatic heterocycles. The van der Waals surface area contributed by atoms with Gasteiger partial charge in [-0.25, -0.2) is 4.39 Å². The first-order chi connectivity index (χ1) is 14.7. The Morgan fingerprint density at radius 3 is 2.55 bits per heavy atom. The first-order valence-electron chi connectivity index (χ1n) is 9.60. The molecule has 1 fully saturated rings. The van der Waals surface area contributed by atoms with Crippen LogP contribution in [0.5, 0.6) is 0 Å². The first-order valence-corrected chi connectivity index (χ1v) is 10.7. The second-order valence-corrected chi connectivity index (χ2v) is 8.24. The van der Waals surface area contributed by atoms with Crippen LogP contribution in [0.25, 0.3) is 0 Å². The van der Waals surface area contributed by atoms with Crippen molar-refractivity contribution in [3.63, 3.8) is 0 Å². The highest BCUT2D eigenvalue weighted by Crippen LogP contribution is 2.19. The van der Waals surface area contributed by atoms with E-state index in [1.807, 2.05) is 32.0 Å². The third kappa shape index (κ3) is 5.81. The predicted octanol–water partition coefficient (Wildman–Crippen LogP) is 1.20. The highest BCUT2D eigenvalue weighted by molar-refractivity contribution is 8.00. The van der Waals surface area contributed by atoms with Crippen LogP contribution in [0.4, 0.5) is 10.1 Å². The van der Waals surface area contributed by atoms with E-state index in [0.717, 1.165) is 28.9 Å². The van der Waals surface area contributed by atoms with Gasteiger partial charge in [-0.15, -0.1) is 11.8 Å². The van der Waals surface area contributed by atoms with Crippen LogP contribution in [-0.2, 0) is 9.59 Å². The number of amides is 3. The van der Waals surface area contributed by atoms with Crippen LogP contribution in [-0.4, -0.2) is 41.2 Å². The lowest BCUT2D eigenvalue weighted by molar-refractivity contribution is -0.125. The van der Waals surface area contributed by atoms with Crippen molar-refractivity contribution >= 4 is 35.2 Å². The van der Waals surface area contributed by atoms with Crippen molar-refractivity contribution in [3.8, 4) is 0 Å². The lowest BCUT2D eigenvalue weighted by atomic mass is 10.1. The van der Waals surface area contributed by atoms with Gasteiger partial charge in [0.25, 0.3) is 5.91 Å². The third-order valence-electron chi connectivity index (χ3n) is 4.91. The summed E-state index contributed by atoms with van der Waals surface area (Å²) in [6, 6.07) is 9.60. The Balaban J connectivity index is 1.50. The SMILES string of the molecule is Cc1cccc(NC(=O)CSC2NC(=O)C(NC(=O)c3ccc(F)cc3)C(N)N2)c1C. The van der Waals surface area contributed by atoms with Crippen molar-refractivity contribution in [1.82, 2.24) is 16.0 Å². The van der Waals surface area contributed by atoms with Crippen molar-refractivity contribution in [3.05, 3.63) is 65.0 Å². The maximum atomic E-state index is 13.0. The summed E-state index contributed by atoms with van der Waals surface area (Å²) in [5.74, 6) is -1.61. The smallest absolute Gasteiger partial charge is 0.252 e. The quantitative estimate of drug-likeness (QED) is 0.455. The van der Waals surface area contributed by atoms with Crippen LogP contribution in [0.15, 0.2) is 42.5 Å². The number of rotatable bonds is 6. The van der Waals surface area contributed by atoms with Gasteiger partial charge in [-0.3, -0.25) is 19.7 Å². The molecule has 31 heavy (non-hydrogen) atoms. The number of nitrogens with two attached hydrogens (primary N) is 1. The number of benzene rings is 2. The third-order valence-corrected chi connectivity index (χ3v) is 5.93. The Labute approximate surface area is 183 Å². The van der Waals surface area contributed by atoms with Gasteiger partial charge in [-0.1, -0.05) is 12.1 Å². The molecular weight excluding hydrogens is 421 g/mol. The Morgan fingerprint density at radius 2 is 1.87 bits per heavy atom. The van der Waals surface area contributed by atoms with Crippen molar-refractivity contribution in [2.75, 3.05) is 11.1 Å². The Morgan fingerprint density at radius 1 is 1.16 bits per heavy atom. The van der Waals surface area contributed by atoms with Gasteiger partial charge in [0, 0.05) is 11.3 Å².